The molecule has 1 amide bonds. The fourth-order valence-corrected chi connectivity index (χ4v) is 4.70. The smallest absolute Gasteiger partial charge is 0.416 e. The molecule has 11 heteroatoms. The Kier molecular flexibility index (Phi) is 7.17. The number of benzene rings is 1. The molecule has 1 fully saturated rings. The van der Waals surface area contributed by atoms with Crippen molar-refractivity contribution in [2.75, 3.05) is 12.0 Å². The number of carbonyl (C=O) groups is 2. The zero-order valence-corrected chi connectivity index (χ0v) is 18.5. The maximum Gasteiger partial charge on any atom is 0.416 e. The molecule has 0 bridgehead atoms. The van der Waals surface area contributed by atoms with Crippen LogP contribution in [0, 0.1) is 0 Å². The molecule has 2 heterocycles. The van der Waals surface area contributed by atoms with Crippen LogP contribution in [0.3, 0.4) is 0 Å². The Bertz CT molecular complexity index is 1050. The second kappa shape index (κ2) is 9.49. The number of alkyl halides is 3. The van der Waals surface area contributed by atoms with Crippen LogP contribution >= 0.6 is 35.7 Å². The van der Waals surface area contributed by atoms with Gasteiger partial charge in [-0.1, -0.05) is 36.1 Å². The lowest BCUT2D eigenvalue weighted by Gasteiger charge is -2.22. The van der Waals surface area contributed by atoms with E-state index in [-0.39, 0.29) is 32.7 Å². The summed E-state index contributed by atoms with van der Waals surface area (Å²) in [5.41, 5.74) is -0.557. The third-order valence-corrected chi connectivity index (χ3v) is 6.36. The number of thiocarbonyl (C=S) groups is 1. The van der Waals surface area contributed by atoms with E-state index in [1.807, 2.05) is 6.26 Å². The van der Waals surface area contributed by atoms with Gasteiger partial charge >= 0.3 is 12.1 Å². The van der Waals surface area contributed by atoms with Crippen molar-refractivity contribution in [1.82, 2.24) is 4.90 Å². The molecule has 1 saturated heterocycles. The largest absolute Gasteiger partial charge is 0.480 e. The summed E-state index contributed by atoms with van der Waals surface area (Å²) < 4.78 is 44.5. The standard InChI is InChI=1S/C20H16F3NO4S3/c1-30-8-7-14(18(26)27)24-17(25)16(31-19(24)29)10-13-5-6-15(28-13)11-3-2-4-12(9-11)20(21,22)23/h2-6,9-10,14H,7-8H2,1H3,(H,26,27)/b16-10+/t14-/m0/s1. The van der Waals surface area contributed by atoms with Crippen molar-refractivity contribution >= 4 is 58.0 Å². The summed E-state index contributed by atoms with van der Waals surface area (Å²) >= 11 is 7.63. The highest BCUT2D eigenvalue weighted by Crippen LogP contribution is 2.36. The molecule has 0 unspecified atom stereocenters. The molecular weight excluding hydrogens is 471 g/mol. The van der Waals surface area contributed by atoms with E-state index in [1.54, 1.807) is 0 Å². The summed E-state index contributed by atoms with van der Waals surface area (Å²) in [6.07, 6.45) is -0.987. The zero-order chi connectivity index (χ0) is 22.8. The van der Waals surface area contributed by atoms with Crippen molar-refractivity contribution in [1.29, 1.82) is 0 Å². The lowest BCUT2D eigenvalue weighted by molar-refractivity contribution is -0.145. The first-order valence-electron chi connectivity index (χ1n) is 8.88. The number of hydrogen-bond donors (Lipinski definition) is 1. The van der Waals surface area contributed by atoms with Crippen LogP contribution in [0.4, 0.5) is 13.2 Å². The molecule has 0 saturated carbocycles. The third kappa shape index (κ3) is 5.34. The number of furan rings is 1. The van der Waals surface area contributed by atoms with Gasteiger partial charge in [-0.25, -0.2) is 4.79 Å². The van der Waals surface area contributed by atoms with Crippen LogP contribution < -0.4 is 0 Å². The summed E-state index contributed by atoms with van der Waals surface area (Å²) in [6, 6.07) is 6.67. The number of carbonyl (C=O) groups excluding carboxylic acids is 1. The molecule has 1 aliphatic rings. The van der Waals surface area contributed by atoms with Crippen LogP contribution in [0.15, 0.2) is 45.7 Å². The van der Waals surface area contributed by atoms with Gasteiger partial charge in [-0.3, -0.25) is 9.69 Å². The normalized spacial score (nSPS) is 16.9. The predicted octanol–water partition coefficient (Wildman–Crippen LogP) is 5.37. The van der Waals surface area contributed by atoms with Gasteiger partial charge in [0.15, 0.2) is 0 Å². The number of amides is 1. The Morgan fingerprint density at radius 1 is 1.35 bits per heavy atom. The van der Waals surface area contributed by atoms with E-state index in [0.29, 0.717) is 5.75 Å². The van der Waals surface area contributed by atoms with Gasteiger partial charge in [0.25, 0.3) is 5.91 Å². The van der Waals surface area contributed by atoms with Crippen molar-refractivity contribution in [3.8, 4) is 11.3 Å². The second-order valence-electron chi connectivity index (χ2n) is 6.47. The summed E-state index contributed by atoms with van der Waals surface area (Å²) in [5.74, 6) is -0.692. The molecule has 0 aliphatic carbocycles. The predicted molar refractivity (Wildman–Crippen MR) is 119 cm³/mol. The third-order valence-electron chi connectivity index (χ3n) is 4.39. The van der Waals surface area contributed by atoms with Crippen LogP contribution in [0.5, 0.6) is 0 Å². The maximum atomic E-state index is 12.9. The first kappa shape index (κ1) is 23.4. The van der Waals surface area contributed by atoms with Gasteiger partial charge in [0, 0.05) is 11.6 Å². The van der Waals surface area contributed by atoms with E-state index >= 15 is 0 Å². The van der Waals surface area contributed by atoms with Crippen LogP contribution in [-0.4, -0.2) is 44.3 Å². The number of aliphatic carboxylic acids is 1. The summed E-state index contributed by atoms with van der Waals surface area (Å²) in [6.45, 7) is 0. The van der Waals surface area contributed by atoms with Gasteiger partial charge in [0.1, 0.15) is 21.9 Å². The summed E-state index contributed by atoms with van der Waals surface area (Å²) in [7, 11) is 0. The number of thioether (sulfide) groups is 2. The van der Waals surface area contributed by atoms with Crippen LogP contribution in [0.25, 0.3) is 17.4 Å². The summed E-state index contributed by atoms with van der Waals surface area (Å²) in [5, 5.41) is 9.49. The monoisotopic (exact) mass is 487 g/mol. The number of carboxylic acids is 1. The quantitative estimate of drug-likeness (QED) is 0.416. The minimum atomic E-state index is -4.48. The number of carboxylic acid groups (broad SMARTS) is 1. The van der Waals surface area contributed by atoms with Gasteiger partial charge in [-0.15, -0.1) is 0 Å². The molecule has 1 N–H and O–H groups in total. The van der Waals surface area contributed by atoms with Crippen molar-refractivity contribution < 1.29 is 32.3 Å². The Labute approximate surface area is 189 Å². The van der Waals surface area contributed by atoms with Crippen molar-refractivity contribution in [3.05, 3.63) is 52.6 Å². The fourth-order valence-electron chi connectivity index (χ4n) is 2.90. The lowest BCUT2D eigenvalue weighted by Crippen LogP contribution is -2.44. The molecular formula is C20H16F3NO4S3. The molecule has 2 aromatic rings. The van der Waals surface area contributed by atoms with Crippen LogP contribution in [0.1, 0.15) is 17.7 Å². The minimum absolute atomic E-state index is 0.134. The topological polar surface area (TPSA) is 70.8 Å². The highest BCUT2D eigenvalue weighted by molar-refractivity contribution is 8.26. The molecule has 0 spiro atoms. The fraction of sp³-hybridized carbons (Fsp3) is 0.250. The lowest BCUT2D eigenvalue weighted by atomic mass is 10.1. The van der Waals surface area contributed by atoms with Crippen molar-refractivity contribution in [2.45, 2.75) is 18.6 Å². The molecule has 1 atom stereocenters. The van der Waals surface area contributed by atoms with Gasteiger partial charge in [-0.05, 0) is 42.7 Å². The van der Waals surface area contributed by atoms with Gasteiger partial charge in [-0.2, -0.15) is 24.9 Å². The molecule has 0 radical (unpaired) electrons. The summed E-state index contributed by atoms with van der Waals surface area (Å²) in [4.78, 5) is 25.7. The Morgan fingerprint density at radius 3 is 2.74 bits per heavy atom. The van der Waals surface area contributed by atoms with E-state index in [0.717, 1.165) is 28.8 Å². The van der Waals surface area contributed by atoms with E-state index in [4.69, 9.17) is 16.6 Å². The molecule has 1 aromatic heterocycles. The Balaban J connectivity index is 1.84. The highest BCUT2D eigenvalue weighted by Gasteiger charge is 2.40. The van der Waals surface area contributed by atoms with E-state index in [1.165, 1.54) is 42.1 Å². The van der Waals surface area contributed by atoms with Crippen LogP contribution in [-0.2, 0) is 15.8 Å². The molecule has 1 aliphatic heterocycles. The average molecular weight is 488 g/mol. The van der Waals surface area contributed by atoms with Gasteiger partial charge in [0.2, 0.25) is 0 Å². The maximum absolute atomic E-state index is 12.9. The molecule has 31 heavy (non-hydrogen) atoms. The first-order valence-corrected chi connectivity index (χ1v) is 11.5. The Morgan fingerprint density at radius 2 is 2.10 bits per heavy atom. The SMILES string of the molecule is CSCC[C@@H](C(=O)O)N1C(=O)/C(=C\c2ccc(-c3cccc(C(F)(F)F)c3)o2)SC1=S. The average Bonchev–Trinajstić information content (AvgIpc) is 3.27. The molecule has 5 nitrogen and oxygen atoms in total. The zero-order valence-electron chi connectivity index (χ0n) is 16.0. The molecule has 1 aromatic carbocycles. The number of rotatable bonds is 7. The molecule has 164 valence electrons. The van der Waals surface area contributed by atoms with Crippen LogP contribution in [0.2, 0.25) is 0 Å². The van der Waals surface area contributed by atoms with Gasteiger partial charge in [0.05, 0.1) is 10.5 Å². The van der Waals surface area contributed by atoms with E-state index in [9.17, 15) is 27.9 Å². The highest BCUT2D eigenvalue weighted by atomic mass is 32.2. The second-order valence-corrected chi connectivity index (χ2v) is 9.13. The Hall–Kier alpha value is -2.24. The van der Waals surface area contributed by atoms with E-state index < -0.39 is 29.7 Å². The van der Waals surface area contributed by atoms with Crippen molar-refractivity contribution in [3.63, 3.8) is 0 Å². The number of halogens is 3. The molecule has 3 rings (SSSR count). The van der Waals surface area contributed by atoms with Gasteiger partial charge < -0.3 is 9.52 Å². The van der Waals surface area contributed by atoms with Crippen molar-refractivity contribution in [2.24, 2.45) is 0 Å². The van der Waals surface area contributed by atoms with E-state index in [2.05, 4.69) is 0 Å². The first-order chi connectivity index (χ1) is 14.6. The number of hydrogen-bond acceptors (Lipinski definition) is 6. The number of nitrogens with zero attached hydrogens (tertiary/aromatic N) is 1. The minimum Gasteiger partial charge on any atom is -0.480 e.